The van der Waals surface area contributed by atoms with Crippen molar-refractivity contribution >= 4 is 17.5 Å². The highest BCUT2D eigenvalue weighted by Crippen LogP contribution is 2.32. The number of amides is 2. The van der Waals surface area contributed by atoms with Gasteiger partial charge in [-0.25, -0.2) is 0 Å². The summed E-state index contributed by atoms with van der Waals surface area (Å²) < 4.78 is 43.5. The van der Waals surface area contributed by atoms with Crippen molar-refractivity contribution in [1.82, 2.24) is 5.32 Å². The first-order valence-corrected chi connectivity index (χ1v) is 8.72. The lowest BCUT2D eigenvalue weighted by Gasteiger charge is -2.10. The molecule has 1 aromatic heterocycles. The average Bonchev–Trinajstić information content (AvgIpc) is 3.23. The van der Waals surface area contributed by atoms with Gasteiger partial charge in [-0.1, -0.05) is 24.3 Å². The van der Waals surface area contributed by atoms with E-state index in [1.165, 1.54) is 18.4 Å². The zero-order valence-corrected chi connectivity index (χ0v) is 15.1. The van der Waals surface area contributed by atoms with Crippen LogP contribution in [-0.4, -0.2) is 18.4 Å². The Kier molecular flexibility index (Phi) is 6.01. The van der Waals surface area contributed by atoms with Crippen molar-refractivity contribution in [1.29, 1.82) is 0 Å². The topological polar surface area (TPSA) is 71.3 Å². The fourth-order valence-electron chi connectivity index (χ4n) is 2.63. The summed E-state index contributed by atoms with van der Waals surface area (Å²) in [6.07, 6.45) is -2.97. The standard InChI is InChI=1S/C21H17F3N2O3/c22-21(23,24)16-4-1-3-15(13-16)14-6-8-17(9-7-14)26-19(27)10-11-25-20(28)18-5-2-12-29-18/h1-9,12-13H,10-11H2,(H,25,28)(H,26,27). The first-order chi connectivity index (χ1) is 13.8. The van der Waals surface area contributed by atoms with Gasteiger partial charge in [0.15, 0.2) is 5.76 Å². The SMILES string of the molecule is O=C(CCNC(=O)c1ccco1)Nc1ccc(-c2cccc(C(F)(F)F)c2)cc1. The molecule has 29 heavy (non-hydrogen) atoms. The third kappa shape index (κ3) is 5.47. The van der Waals surface area contributed by atoms with E-state index in [1.807, 2.05) is 0 Å². The van der Waals surface area contributed by atoms with Gasteiger partial charge in [0.2, 0.25) is 5.91 Å². The Morgan fingerprint density at radius 2 is 1.69 bits per heavy atom. The normalized spacial score (nSPS) is 11.1. The number of furan rings is 1. The number of alkyl halides is 3. The number of halogens is 3. The molecule has 0 aliphatic carbocycles. The number of anilines is 1. The molecule has 150 valence electrons. The quantitative estimate of drug-likeness (QED) is 0.627. The van der Waals surface area contributed by atoms with Crippen LogP contribution in [-0.2, 0) is 11.0 Å². The molecule has 3 rings (SSSR count). The first kappa shape index (κ1) is 20.2. The minimum absolute atomic E-state index is 0.0574. The van der Waals surface area contributed by atoms with Crippen molar-refractivity contribution < 1.29 is 27.2 Å². The molecule has 0 spiro atoms. The summed E-state index contributed by atoms with van der Waals surface area (Å²) in [5, 5.41) is 5.24. The van der Waals surface area contributed by atoms with Crippen LogP contribution in [0.3, 0.4) is 0 Å². The maximum atomic E-state index is 12.8. The number of hydrogen-bond donors (Lipinski definition) is 2. The summed E-state index contributed by atoms with van der Waals surface area (Å²) in [4.78, 5) is 23.7. The molecule has 5 nitrogen and oxygen atoms in total. The van der Waals surface area contributed by atoms with Crippen molar-refractivity contribution in [2.75, 3.05) is 11.9 Å². The maximum Gasteiger partial charge on any atom is 0.416 e. The first-order valence-electron chi connectivity index (χ1n) is 8.72. The molecule has 0 atom stereocenters. The lowest BCUT2D eigenvalue weighted by atomic mass is 10.0. The Morgan fingerprint density at radius 3 is 2.34 bits per heavy atom. The van der Waals surface area contributed by atoms with Crippen LogP contribution in [0.1, 0.15) is 22.5 Å². The molecule has 0 radical (unpaired) electrons. The van der Waals surface area contributed by atoms with Crippen LogP contribution >= 0.6 is 0 Å². The van der Waals surface area contributed by atoms with Gasteiger partial charge in [0.25, 0.3) is 5.91 Å². The second-order valence-corrected chi connectivity index (χ2v) is 6.19. The van der Waals surface area contributed by atoms with Crippen LogP contribution in [0, 0.1) is 0 Å². The van der Waals surface area contributed by atoms with Crippen molar-refractivity contribution in [2.45, 2.75) is 12.6 Å². The average molecular weight is 402 g/mol. The van der Waals surface area contributed by atoms with Gasteiger partial charge >= 0.3 is 6.18 Å². The summed E-state index contributed by atoms with van der Waals surface area (Å²) >= 11 is 0. The van der Waals surface area contributed by atoms with Crippen LogP contribution in [0.15, 0.2) is 71.3 Å². The molecule has 0 aliphatic rings. The molecule has 3 aromatic rings. The van der Waals surface area contributed by atoms with Gasteiger partial charge < -0.3 is 15.1 Å². The van der Waals surface area contributed by atoms with E-state index in [4.69, 9.17) is 4.42 Å². The van der Waals surface area contributed by atoms with Crippen LogP contribution in [0.4, 0.5) is 18.9 Å². The zero-order chi connectivity index (χ0) is 20.9. The van der Waals surface area contributed by atoms with Gasteiger partial charge in [0.05, 0.1) is 11.8 Å². The fourth-order valence-corrected chi connectivity index (χ4v) is 2.63. The summed E-state index contributed by atoms with van der Waals surface area (Å²) in [6.45, 7) is 0.133. The van der Waals surface area contributed by atoms with Gasteiger partial charge in [0.1, 0.15) is 0 Å². The second-order valence-electron chi connectivity index (χ2n) is 6.19. The van der Waals surface area contributed by atoms with Gasteiger partial charge in [-0.05, 0) is 47.5 Å². The molecule has 0 saturated carbocycles. The molecule has 0 bridgehead atoms. The number of benzene rings is 2. The van der Waals surface area contributed by atoms with Crippen LogP contribution in [0.5, 0.6) is 0 Å². The van der Waals surface area contributed by atoms with E-state index in [0.29, 0.717) is 16.8 Å². The predicted molar refractivity (Wildman–Crippen MR) is 101 cm³/mol. The van der Waals surface area contributed by atoms with Crippen molar-refractivity contribution in [3.05, 3.63) is 78.3 Å². The summed E-state index contributed by atoms with van der Waals surface area (Å²) in [7, 11) is 0. The zero-order valence-electron chi connectivity index (χ0n) is 15.1. The van der Waals surface area contributed by atoms with E-state index in [-0.39, 0.29) is 24.6 Å². The lowest BCUT2D eigenvalue weighted by Crippen LogP contribution is -2.27. The highest BCUT2D eigenvalue weighted by Gasteiger charge is 2.30. The Balaban J connectivity index is 1.54. The van der Waals surface area contributed by atoms with Gasteiger partial charge in [0, 0.05) is 18.7 Å². The third-order valence-corrected chi connectivity index (χ3v) is 4.07. The molecule has 2 aromatic carbocycles. The maximum absolute atomic E-state index is 12.8. The minimum Gasteiger partial charge on any atom is -0.459 e. The number of nitrogens with one attached hydrogen (secondary N) is 2. The molecule has 0 unspecified atom stereocenters. The van der Waals surface area contributed by atoms with E-state index < -0.39 is 17.6 Å². The molecular formula is C21H17F3N2O3. The van der Waals surface area contributed by atoms with Gasteiger partial charge in [-0.3, -0.25) is 9.59 Å². The largest absolute Gasteiger partial charge is 0.459 e. The molecule has 2 N–H and O–H groups in total. The van der Waals surface area contributed by atoms with Crippen LogP contribution in [0.2, 0.25) is 0 Å². The summed E-state index contributed by atoms with van der Waals surface area (Å²) in [6, 6.07) is 14.6. The summed E-state index contributed by atoms with van der Waals surface area (Å²) in [5.74, 6) is -0.555. The summed E-state index contributed by atoms with van der Waals surface area (Å²) in [5.41, 5.74) is 0.810. The number of carbonyl (C=O) groups excluding carboxylic acids is 2. The van der Waals surface area contributed by atoms with E-state index >= 15 is 0 Å². The number of rotatable bonds is 6. The third-order valence-electron chi connectivity index (χ3n) is 4.07. The smallest absolute Gasteiger partial charge is 0.416 e. The monoisotopic (exact) mass is 402 g/mol. The van der Waals surface area contributed by atoms with E-state index in [0.717, 1.165) is 12.1 Å². The minimum atomic E-state index is -4.41. The number of hydrogen-bond acceptors (Lipinski definition) is 3. The van der Waals surface area contributed by atoms with E-state index in [2.05, 4.69) is 10.6 Å². The van der Waals surface area contributed by atoms with Crippen molar-refractivity contribution in [2.24, 2.45) is 0 Å². The second kappa shape index (κ2) is 8.64. The molecule has 8 heteroatoms. The molecule has 0 aliphatic heterocycles. The molecule has 0 fully saturated rings. The Bertz CT molecular complexity index is 981. The lowest BCUT2D eigenvalue weighted by molar-refractivity contribution is -0.137. The fraction of sp³-hybridized carbons (Fsp3) is 0.143. The van der Waals surface area contributed by atoms with E-state index in [9.17, 15) is 22.8 Å². The Hall–Kier alpha value is -3.55. The molecule has 1 heterocycles. The molecule has 2 amide bonds. The van der Waals surface area contributed by atoms with Crippen LogP contribution in [0.25, 0.3) is 11.1 Å². The Morgan fingerprint density at radius 1 is 0.931 bits per heavy atom. The Labute approximate surface area is 164 Å². The van der Waals surface area contributed by atoms with Crippen molar-refractivity contribution in [3.8, 4) is 11.1 Å². The molecular weight excluding hydrogens is 385 g/mol. The highest BCUT2D eigenvalue weighted by atomic mass is 19.4. The van der Waals surface area contributed by atoms with E-state index in [1.54, 1.807) is 36.4 Å². The van der Waals surface area contributed by atoms with Gasteiger partial charge in [-0.2, -0.15) is 13.2 Å². The number of carbonyl (C=O) groups is 2. The van der Waals surface area contributed by atoms with Crippen molar-refractivity contribution in [3.63, 3.8) is 0 Å². The van der Waals surface area contributed by atoms with Crippen LogP contribution < -0.4 is 10.6 Å². The predicted octanol–water partition coefficient (Wildman–Crippen LogP) is 4.72. The molecule has 0 saturated heterocycles. The highest BCUT2D eigenvalue weighted by molar-refractivity contribution is 5.93. The van der Waals surface area contributed by atoms with Gasteiger partial charge in [-0.15, -0.1) is 0 Å².